The highest BCUT2D eigenvalue weighted by Gasteiger charge is 2.10. The summed E-state index contributed by atoms with van der Waals surface area (Å²) in [5.74, 6) is -1.18. The molecule has 1 N–H and O–H groups in total. The molecule has 19 heavy (non-hydrogen) atoms. The number of carboxylic acid groups (broad SMARTS) is 1. The summed E-state index contributed by atoms with van der Waals surface area (Å²) in [6, 6.07) is 8.59. The van der Waals surface area contributed by atoms with Gasteiger partial charge in [-0.2, -0.15) is 5.26 Å². The van der Waals surface area contributed by atoms with E-state index in [4.69, 9.17) is 10.4 Å². The van der Waals surface area contributed by atoms with Crippen molar-refractivity contribution in [2.24, 2.45) is 0 Å². The molecule has 5 nitrogen and oxygen atoms in total. The number of amides is 1. The van der Waals surface area contributed by atoms with E-state index in [2.05, 4.69) is 0 Å². The van der Waals surface area contributed by atoms with Crippen LogP contribution in [0.3, 0.4) is 0 Å². The van der Waals surface area contributed by atoms with Crippen LogP contribution in [-0.2, 0) is 4.79 Å². The third-order valence-electron chi connectivity index (χ3n) is 2.48. The molecule has 0 aliphatic rings. The molecule has 1 amide bonds. The average molecular weight is 258 g/mol. The number of rotatable bonds is 5. The van der Waals surface area contributed by atoms with Gasteiger partial charge in [0.15, 0.2) is 0 Å². The first kappa shape index (κ1) is 14.5. The number of carbonyl (C=O) groups is 2. The molecule has 1 rings (SSSR count). The van der Waals surface area contributed by atoms with Gasteiger partial charge in [0, 0.05) is 25.2 Å². The van der Waals surface area contributed by atoms with Gasteiger partial charge in [0.25, 0.3) is 5.91 Å². The SMILES string of the molecule is CN(CCC#N)C(=O)c1ccc(C=CC(=O)O)cc1. The fourth-order valence-corrected chi connectivity index (χ4v) is 1.44. The summed E-state index contributed by atoms with van der Waals surface area (Å²) in [7, 11) is 1.64. The van der Waals surface area contributed by atoms with Gasteiger partial charge in [-0.05, 0) is 23.8 Å². The molecule has 1 aromatic rings. The molecule has 0 heterocycles. The van der Waals surface area contributed by atoms with Crippen molar-refractivity contribution in [2.45, 2.75) is 6.42 Å². The van der Waals surface area contributed by atoms with Gasteiger partial charge in [-0.15, -0.1) is 0 Å². The van der Waals surface area contributed by atoms with Gasteiger partial charge in [0.1, 0.15) is 0 Å². The maximum Gasteiger partial charge on any atom is 0.328 e. The highest BCUT2D eigenvalue weighted by molar-refractivity contribution is 5.94. The summed E-state index contributed by atoms with van der Waals surface area (Å²) in [4.78, 5) is 23.8. The number of hydrogen-bond acceptors (Lipinski definition) is 3. The van der Waals surface area contributed by atoms with Crippen molar-refractivity contribution < 1.29 is 14.7 Å². The smallest absolute Gasteiger partial charge is 0.328 e. The molecular weight excluding hydrogens is 244 g/mol. The Bertz CT molecular complexity index is 527. The first-order chi connectivity index (χ1) is 9.04. The zero-order chi connectivity index (χ0) is 14.3. The summed E-state index contributed by atoms with van der Waals surface area (Å²) in [6.07, 6.45) is 2.79. The predicted molar refractivity (Wildman–Crippen MR) is 70.3 cm³/mol. The van der Waals surface area contributed by atoms with Gasteiger partial charge in [0.2, 0.25) is 0 Å². The molecular formula is C14H14N2O3. The first-order valence-corrected chi connectivity index (χ1v) is 5.68. The van der Waals surface area contributed by atoms with Crippen LogP contribution in [0, 0.1) is 11.3 Å². The Balaban J connectivity index is 2.73. The normalized spacial score (nSPS) is 10.1. The molecule has 0 aliphatic carbocycles. The molecule has 5 heteroatoms. The highest BCUT2D eigenvalue weighted by Crippen LogP contribution is 2.08. The third-order valence-corrected chi connectivity index (χ3v) is 2.48. The Morgan fingerprint density at radius 2 is 2.00 bits per heavy atom. The number of nitrogens with zero attached hydrogens (tertiary/aromatic N) is 2. The summed E-state index contributed by atoms with van der Waals surface area (Å²) in [5.41, 5.74) is 1.21. The predicted octanol–water partition coefficient (Wildman–Crippen LogP) is 1.77. The van der Waals surface area contributed by atoms with E-state index in [0.29, 0.717) is 24.1 Å². The second-order valence-electron chi connectivity index (χ2n) is 3.93. The van der Waals surface area contributed by atoms with E-state index in [1.807, 2.05) is 6.07 Å². The number of carbonyl (C=O) groups excluding carboxylic acids is 1. The number of nitriles is 1. The standard InChI is InChI=1S/C14H14N2O3/c1-16(10-2-9-15)14(19)12-6-3-11(4-7-12)5-8-13(17)18/h3-8H,2,10H2,1H3,(H,17,18). The quantitative estimate of drug-likeness (QED) is 0.816. The molecule has 0 saturated carbocycles. The molecule has 0 aromatic heterocycles. The molecule has 0 aliphatic heterocycles. The van der Waals surface area contributed by atoms with Crippen LogP contribution in [0.5, 0.6) is 0 Å². The number of hydrogen-bond donors (Lipinski definition) is 1. The van der Waals surface area contributed by atoms with Crippen LogP contribution >= 0.6 is 0 Å². The Labute approximate surface area is 111 Å². The Morgan fingerprint density at radius 3 is 2.53 bits per heavy atom. The molecule has 0 atom stereocenters. The van der Waals surface area contributed by atoms with Crippen molar-refractivity contribution in [3.63, 3.8) is 0 Å². The molecule has 0 bridgehead atoms. The van der Waals surface area contributed by atoms with Gasteiger partial charge in [0.05, 0.1) is 12.5 Å². The van der Waals surface area contributed by atoms with Crippen molar-refractivity contribution in [2.75, 3.05) is 13.6 Å². The van der Waals surface area contributed by atoms with Crippen LogP contribution in [-0.4, -0.2) is 35.5 Å². The molecule has 0 fully saturated rings. The fourth-order valence-electron chi connectivity index (χ4n) is 1.44. The lowest BCUT2D eigenvalue weighted by Gasteiger charge is -2.15. The summed E-state index contributed by atoms with van der Waals surface area (Å²) < 4.78 is 0. The molecule has 1 aromatic carbocycles. The van der Waals surface area contributed by atoms with Gasteiger partial charge in [-0.25, -0.2) is 4.79 Å². The van der Waals surface area contributed by atoms with Gasteiger partial charge in [-0.1, -0.05) is 12.1 Å². The molecule has 0 saturated heterocycles. The maximum atomic E-state index is 11.9. The molecule has 0 spiro atoms. The maximum absolute atomic E-state index is 11.9. The molecule has 0 unspecified atom stereocenters. The second-order valence-corrected chi connectivity index (χ2v) is 3.93. The number of benzene rings is 1. The van der Waals surface area contributed by atoms with Crippen LogP contribution in [0.15, 0.2) is 30.3 Å². The summed E-state index contributed by atoms with van der Waals surface area (Å²) >= 11 is 0. The van der Waals surface area contributed by atoms with Crippen molar-refractivity contribution in [3.05, 3.63) is 41.5 Å². The minimum Gasteiger partial charge on any atom is -0.478 e. The largest absolute Gasteiger partial charge is 0.478 e. The monoisotopic (exact) mass is 258 g/mol. The summed E-state index contributed by atoms with van der Waals surface area (Å²) in [5, 5.41) is 17.0. The van der Waals surface area contributed by atoms with E-state index in [1.54, 1.807) is 31.3 Å². The van der Waals surface area contributed by atoms with Gasteiger partial charge in [-0.3, -0.25) is 4.79 Å². The van der Waals surface area contributed by atoms with Crippen LogP contribution in [0.1, 0.15) is 22.3 Å². The first-order valence-electron chi connectivity index (χ1n) is 5.68. The van der Waals surface area contributed by atoms with Gasteiger partial charge < -0.3 is 10.0 Å². The van der Waals surface area contributed by atoms with Crippen molar-refractivity contribution in [1.82, 2.24) is 4.90 Å². The lowest BCUT2D eigenvalue weighted by atomic mass is 10.1. The van der Waals surface area contributed by atoms with E-state index in [9.17, 15) is 9.59 Å². The topological polar surface area (TPSA) is 81.4 Å². The third kappa shape index (κ3) is 4.64. The lowest BCUT2D eigenvalue weighted by Crippen LogP contribution is -2.27. The zero-order valence-electron chi connectivity index (χ0n) is 10.5. The lowest BCUT2D eigenvalue weighted by molar-refractivity contribution is -0.131. The fraction of sp³-hybridized carbons (Fsp3) is 0.214. The Morgan fingerprint density at radius 1 is 1.37 bits per heavy atom. The number of carboxylic acids is 1. The van der Waals surface area contributed by atoms with E-state index in [-0.39, 0.29) is 5.91 Å². The van der Waals surface area contributed by atoms with Crippen LogP contribution in [0.25, 0.3) is 6.08 Å². The van der Waals surface area contributed by atoms with Crippen molar-refractivity contribution >= 4 is 18.0 Å². The van der Waals surface area contributed by atoms with Crippen molar-refractivity contribution in [3.8, 4) is 6.07 Å². The second kappa shape index (κ2) is 6.97. The number of aliphatic carboxylic acids is 1. The summed E-state index contributed by atoms with van der Waals surface area (Å²) in [6.45, 7) is 0.385. The van der Waals surface area contributed by atoms with Gasteiger partial charge >= 0.3 is 5.97 Å². The van der Waals surface area contributed by atoms with Crippen LogP contribution in [0.4, 0.5) is 0 Å². The molecule has 98 valence electrons. The van der Waals surface area contributed by atoms with Crippen LogP contribution in [0.2, 0.25) is 0 Å². The van der Waals surface area contributed by atoms with Crippen molar-refractivity contribution in [1.29, 1.82) is 5.26 Å². The van der Waals surface area contributed by atoms with E-state index in [0.717, 1.165) is 6.08 Å². The van der Waals surface area contributed by atoms with E-state index < -0.39 is 5.97 Å². The van der Waals surface area contributed by atoms with Crippen LogP contribution < -0.4 is 0 Å². The Kier molecular flexibility index (Phi) is 5.30. The minimum absolute atomic E-state index is 0.163. The zero-order valence-corrected chi connectivity index (χ0v) is 10.5. The van der Waals surface area contributed by atoms with E-state index >= 15 is 0 Å². The molecule has 0 radical (unpaired) electrons. The Hall–Kier alpha value is -2.61. The minimum atomic E-state index is -1.02. The average Bonchev–Trinajstić information content (AvgIpc) is 2.42. The highest BCUT2D eigenvalue weighted by atomic mass is 16.4. The van der Waals surface area contributed by atoms with E-state index in [1.165, 1.54) is 11.0 Å².